The third-order valence-corrected chi connectivity index (χ3v) is 5.22. The van der Waals surface area contributed by atoms with Gasteiger partial charge >= 0.3 is 0 Å². The molecule has 1 saturated heterocycles. The fraction of sp³-hybridized carbons (Fsp3) is 0.545. The molecule has 1 aromatic heterocycles. The average molecular weight is 321 g/mol. The number of anilines is 1. The van der Waals surface area contributed by atoms with Gasteiger partial charge in [-0.2, -0.15) is 4.31 Å². The Labute approximate surface area is 123 Å². The average Bonchev–Trinajstić information content (AvgIpc) is 2.91. The van der Waals surface area contributed by atoms with E-state index in [0.717, 1.165) is 12.8 Å². The predicted molar refractivity (Wildman–Crippen MR) is 75.8 cm³/mol. The lowest BCUT2D eigenvalue weighted by atomic mass is 10.2. The highest BCUT2D eigenvalue weighted by Crippen LogP contribution is 2.24. The molecule has 0 bridgehead atoms. The van der Waals surface area contributed by atoms with Gasteiger partial charge in [0.05, 0.1) is 11.1 Å². The van der Waals surface area contributed by atoms with Gasteiger partial charge in [0.2, 0.25) is 10.0 Å². The van der Waals surface area contributed by atoms with Gasteiger partial charge in [0.25, 0.3) is 0 Å². The van der Waals surface area contributed by atoms with Crippen LogP contribution >= 0.6 is 11.6 Å². The van der Waals surface area contributed by atoms with Gasteiger partial charge in [0.1, 0.15) is 4.90 Å². The van der Waals surface area contributed by atoms with E-state index in [2.05, 4.69) is 10.4 Å². The Hall–Kier alpha value is -0.930. The van der Waals surface area contributed by atoms with Crippen LogP contribution in [0.1, 0.15) is 12.8 Å². The van der Waals surface area contributed by atoms with E-state index < -0.39 is 10.0 Å². The summed E-state index contributed by atoms with van der Waals surface area (Å²) >= 11 is 5.90. The fourth-order valence-electron chi connectivity index (χ4n) is 2.02. The molecule has 112 valence electrons. The summed E-state index contributed by atoms with van der Waals surface area (Å²) in [6.07, 6.45) is 3.00. The Balaban J connectivity index is 2.18. The predicted octanol–water partition coefficient (Wildman–Crippen LogP) is 0.820. The van der Waals surface area contributed by atoms with Crippen molar-refractivity contribution < 1.29 is 13.2 Å². The van der Waals surface area contributed by atoms with Crippen molar-refractivity contribution in [3.05, 3.63) is 17.3 Å². The topological polar surface area (TPSA) is 97.5 Å². The number of sulfonamides is 1. The molecule has 0 spiro atoms. The van der Waals surface area contributed by atoms with E-state index >= 15 is 0 Å². The number of halogens is 1. The van der Waals surface area contributed by atoms with E-state index in [9.17, 15) is 8.42 Å². The molecule has 3 N–H and O–H groups in total. The molecule has 1 aliphatic heterocycles. The van der Waals surface area contributed by atoms with Gasteiger partial charge in [-0.3, -0.25) is 0 Å². The van der Waals surface area contributed by atoms with Gasteiger partial charge in [-0.05, 0) is 18.9 Å². The molecule has 20 heavy (non-hydrogen) atoms. The third-order valence-electron chi connectivity index (χ3n) is 3.15. The summed E-state index contributed by atoms with van der Waals surface area (Å²) in [4.78, 5) is 3.90. The smallest absolute Gasteiger partial charge is 0.244 e. The molecule has 0 radical (unpaired) electrons. The lowest BCUT2D eigenvalue weighted by molar-refractivity contribution is 0.0979. The van der Waals surface area contributed by atoms with Gasteiger partial charge in [-0.15, -0.1) is 0 Å². The first-order chi connectivity index (χ1) is 9.45. The summed E-state index contributed by atoms with van der Waals surface area (Å²) in [6, 6.07) is 1.32. The maximum Gasteiger partial charge on any atom is 0.244 e. The number of ether oxygens (including phenoxy) is 1. The van der Waals surface area contributed by atoms with E-state index in [1.165, 1.54) is 23.6 Å². The van der Waals surface area contributed by atoms with Crippen LogP contribution in [0.5, 0.6) is 0 Å². The lowest BCUT2D eigenvalue weighted by Crippen LogP contribution is -2.34. The number of hydrogen-bond donors (Lipinski definition) is 2. The zero-order chi connectivity index (χ0) is 14.8. The van der Waals surface area contributed by atoms with Gasteiger partial charge in [-0.1, -0.05) is 11.6 Å². The van der Waals surface area contributed by atoms with Crippen molar-refractivity contribution in [3.8, 4) is 0 Å². The zero-order valence-electron chi connectivity index (χ0n) is 11.0. The Bertz CT molecular complexity index is 575. The van der Waals surface area contributed by atoms with Crippen molar-refractivity contribution in [1.82, 2.24) is 9.29 Å². The Morgan fingerprint density at radius 3 is 2.95 bits per heavy atom. The van der Waals surface area contributed by atoms with Crippen molar-refractivity contribution in [2.75, 3.05) is 25.6 Å². The first-order valence-corrected chi connectivity index (χ1v) is 7.97. The van der Waals surface area contributed by atoms with Crippen LogP contribution in [-0.2, 0) is 14.8 Å². The minimum absolute atomic E-state index is 0.0296. The van der Waals surface area contributed by atoms with Crippen LogP contribution in [0.3, 0.4) is 0 Å². The second-order valence-corrected chi connectivity index (χ2v) is 7.02. The largest absolute Gasteiger partial charge is 0.377 e. The highest BCUT2D eigenvalue weighted by Gasteiger charge is 2.26. The van der Waals surface area contributed by atoms with Crippen molar-refractivity contribution in [2.24, 2.45) is 5.84 Å². The Morgan fingerprint density at radius 2 is 2.40 bits per heavy atom. The Morgan fingerprint density at radius 1 is 1.65 bits per heavy atom. The SMILES string of the molecule is CN(CC1CCCO1)S(=O)(=O)c1cnc(NN)c(Cl)c1. The molecule has 2 rings (SSSR count). The minimum Gasteiger partial charge on any atom is -0.377 e. The number of hydrogen-bond acceptors (Lipinski definition) is 6. The zero-order valence-corrected chi connectivity index (χ0v) is 12.6. The maximum atomic E-state index is 12.4. The van der Waals surface area contributed by atoms with E-state index in [1.54, 1.807) is 0 Å². The monoisotopic (exact) mass is 320 g/mol. The molecule has 1 unspecified atom stereocenters. The molecule has 0 aliphatic carbocycles. The molecule has 1 aliphatic rings. The number of pyridine rings is 1. The molecule has 1 aromatic rings. The van der Waals surface area contributed by atoms with Crippen molar-refractivity contribution in [3.63, 3.8) is 0 Å². The highest BCUT2D eigenvalue weighted by molar-refractivity contribution is 7.89. The van der Waals surface area contributed by atoms with Gasteiger partial charge in [0, 0.05) is 26.4 Å². The summed E-state index contributed by atoms with van der Waals surface area (Å²) in [5, 5.41) is 0.152. The van der Waals surface area contributed by atoms with E-state index in [-0.39, 0.29) is 21.8 Å². The summed E-state index contributed by atoms with van der Waals surface area (Å²) in [5.41, 5.74) is 2.29. The lowest BCUT2D eigenvalue weighted by Gasteiger charge is -2.20. The number of hydrazine groups is 1. The van der Waals surface area contributed by atoms with Crippen LogP contribution in [0.2, 0.25) is 5.02 Å². The standard InChI is InChI=1S/C11H17ClN4O3S/c1-16(7-8-3-2-4-19-8)20(17,18)9-5-10(12)11(15-13)14-6-9/h5-6,8H,2-4,7,13H2,1H3,(H,14,15). The molecular weight excluding hydrogens is 304 g/mol. The number of aromatic nitrogens is 1. The van der Waals surface area contributed by atoms with E-state index in [4.69, 9.17) is 22.2 Å². The quantitative estimate of drug-likeness (QED) is 0.616. The second-order valence-electron chi connectivity index (χ2n) is 4.57. The molecule has 2 heterocycles. The molecule has 0 aromatic carbocycles. The van der Waals surface area contributed by atoms with Crippen molar-refractivity contribution in [2.45, 2.75) is 23.8 Å². The first-order valence-electron chi connectivity index (χ1n) is 6.15. The summed E-state index contributed by atoms with van der Waals surface area (Å²) in [5.74, 6) is 5.43. The summed E-state index contributed by atoms with van der Waals surface area (Å²) < 4.78 is 31.5. The minimum atomic E-state index is -3.64. The molecule has 0 amide bonds. The number of nitrogens with one attached hydrogen (secondary N) is 1. The fourth-order valence-corrected chi connectivity index (χ4v) is 3.48. The summed E-state index contributed by atoms with van der Waals surface area (Å²) in [6.45, 7) is 1.000. The maximum absolute atomic E-state index is 12.4. The summed E-state index contributed by atoms with van der Waals surface area (Å²) in [7, 11) is -2.12. The normalized spacial score (nSPS) is 19.5. The van der Waals surface area contributed by atoms with Crippen LogP contribution in [0, 0.1) is 0 Å². The van der Waals surface area contributed by atoms with Crippen molar-refractivity contribution in [1.29, 1.82) is 0 Å². The molecular formula is C11H17ClN4O3S. The number of nitrogens with zero attached hydrogens (tertiary/aromatic N) is 2. The molecule has 7 nitrogen and oxygen atoms in total. The number of rotatable bonds is 5. The number of likely N-dealkylation sites (N-methyl/N-ethyl adjacent to an activating group) is 1. The van der Waals surface area contributed by atoms with Crippen LogP contribution in [0.4, 0.5) is 5.82 Å². The van der Waals surface area contributed by atoms with Crippen LogP contribution < -0.4 is 11.3 Å². The molecule has 1 atom stereocenters. The van der Waals surface area contributed by atoms with Crippen molar-refractivity contribution >= 4 is 27.4 Å². The van der Waals surface area contributed by atoms with Crippen LogP contribution in [0.15, 0.2) is 17.2 Å². The van der Waals surface area contributed by atoms with Gasteiger partial charge < -0.3 is 10.2 Å². The first kappa shape index (κ1) is 15.5. The number of nitrogens with two attached hydrogens (primary N) is 1. The molecule has 1 fully saturated rings. The molecule has 0 saturated carbocycles. The second kappa shape index (κ2) is 6.23. The third kappa shape index (κ3) is 3.21. The number of nitrogen functional groups attached to an aromatic ring is 1. The van der Waals surface area contributed by atoms with Crippen LogP contribution in [0.25, 0.3) is 0 Å². The Kier molecular flexibility index (Phi) is 4.82. The van der Waals surface area contributed by atoms with E-state index in [0.29, 0.717) is 13.2 Å². The van der Waals surface area contributed by atoms with Crippen LogP contribution in [-0.4, -0.2) is 44.0 Å². The van der Waals surface area contributed by atoms with Gasteiger partial charge in [0.15, 0.2) is 5.82 Å². The van der Waals surface area contributed by atoms with E-state index in [1.807, 2.05) is 0 Å². The molecule has 9 heteroatoms. The highest BCUT2D eigenvalue weighted by atomic mass is 35.5. The van der Waals surface area contributed by atoms with Gasteiger partial charge in [-0.25, -0.2) is 19.2 Å².